The van der Waals surface area contributed by atoms with Crippen LogP contribution in [-0.2, 0) is 11.2 Å². The van der Waals surface area contributed by atoms with Crippen LogP contribution in [-0.4, -0.2) is 41.0 Å². The molecule has 1 saturated heterocycles. The molecule has 8 heteroatoms. The van der Waals surface area contributed by atoms with Crippen LogP contribution < -0.4 is 5.73 Å². The van der Waals surface area contributed by atoms with Crippen molar-refractivity contribution < 1.29 is 22.8 Å². The van der Waals surface area contributed by atoms with Crippen LogP contribution in [0.4, 0.5) is 13.2 Å². The Morgan fingerprint density at radius 2 is 2.09 bits per heavy atom. The van der Waals surface area contributed by atoms with Crippen LogP contribution in [0.3, 0.4) is 0 Å². The second kappa shape index (κ2) is 5.94. The van der Waals surface area contributed by atoms with E-state index in [0.717, 1.165) is 4.90 Å². The number of carbonyl (C=O) groups is 2. The molecule has 2 rings (SSSR count). The first kappa shape index (κ1) is 16.3. The van der Waals surface area contributed by atoms with Gasteiger partial charge in [0.25, 0.3) is 5.91 Å². The van der Waals surface area contributed by atoms with Crippen molar-refractivity contribution in [2.75, 3.05) is 13.1 Å². The molecule has 1 aromatic heterocycles. The van der Waals surface area contributed by atoms with E-state index >= 15 is 0 Å². The number of alkyl halides is 3. The second-order valence-corrected chi connectivity index (χ2v) is 5.23. The van der Waals surface area contributed by atoms with Gasteiger partial charge in [0.2, 0.25) is 5.91 Å². The topological polar surface area (TPSA) is 76.3 Å². The summed E-state index contributed by atoms with van der Waals surface area (Å²) in [7, 11) is 0. The number of aromatic nitrogens is 1. The summed E-state index contributed by atoms with van der Waals surface area (Å²) in [5.74, 6) is -5.00. The summed E-state index contributed by atoms with van der Waals surface area (Å²) in [4.78, 5) is 28.6. The standard InChI is InChI=1S/C14H16F3N3O2/c1-2-8-4-3-5-19-11(8)13(22)20-6-9(12(18)21)10(7-20)14(15,16)17/h3-5,9-10H,2,6-7H2,1H3,(H2,18,21)/t9-,10-/m1/s1. The van der Waals surface area contributed by atoms with Crippen molar-refractivity contribution in [1.29, 1.82) is 0 Å². The molecule has 0 aliphatic carbocycles. The molecule has 0 unspecified atom stereocenters. The Kier molecular flexibility index (Phi) is 4.39. The van der Waals surface area contributed by atoms with Gasteiger partial charge in [-0.25, -0.2) is 0 Å². The van der Waals surface area contributed by atoms with Crippen molar-refractivity contribution in [2.24, 2.45) is 17.6 Å². The number of rotatable bonds is 3. The van der Waals surface area contributed by atoms with Gasteiger partial charge >= 0.3 is 6.18 Å². The lowest BCUT2D eigenvalue weighted by atomic mass is 9.95. The maximum atomic E-state index is 13.0. The Morgan fingerprint density at radius 1 is 1.41 bits per heavy atom. The van der Waals surface area contributed by atoms with Gasteiger partial charge in [0.1, 0.15) is 5.69 Å². The van der Waals surface area contributed by atoms with E-state index in [1.807, 2.05) is 6.92 Å². The maximum absolute atomic E-state index is 13.0. The lowest BCUT2D eigenvalue weighted by Gasteiger charge is -2.19. The van der Waals surface area contributed by atoms with Gasteiger partial charge in [-0.3, -0.25) is 14.6 Å². The summed E-state index contributed by atoms with van der Waals surface area (Å²) in [6, 6.07) is 3.35. The number of aryl methyl sites for hydroxylation is 1. The fourth-order valence-electron chi connectivity index (χ4n) is 2.66. The molecule has 1 aromatic rings. The van der Waals surface area contributed by atoms with Gasteiger partial charge in [0, 0.05) is 19.3 Å². The molecule has 2 amide bonds. The smallest absolute Gasteiger partial charge is 0.369 e. The minimum Gasteiger partial charge on any atom is -0.369 e. The number of halogens is 3. The highest BCUT2D eigenvalue weighted by Crippen LogP contribution is 2.37. The number of likely N-dealkylation sites (tertiary alicyclic amines) is 1. The number of primary amides is 1. The highest BCUT2D eigenvalue weighted by molar-refractivity contribution is 5.94. The van der Waals surface area contributed by atoms with E-state index in [2.05, 4.69) is 4.98 Å². The zero-order chi connectivity index (χ0) is 16.5. The van der Waals surface area contributed by atoms with Gasteiger partial charge in [-0.1, -0.05) is 13.0 Å². The van der Waals surface area contributed by atoms with Crippen molar-refractivity contribution in [3.63, 3.8) is 0 Å². The van der Waals surface area contributed by atoms with Crippen molar-refractivity contribution in [3.8, 4) is 0 Å². The van der Waals surface area contributed by atoms with Gasteiger partial charge in [-0.2, -0.15) is 13.2 Å². The monoisotopic (exact) mass is 315 g/mol. The number of hydrogen-bond acceptors (Lipinski definition) is 3. The Bertz CT molecular complexity index is 589. The number of pyridine rings is 1. The molecule has 1 aliphatic heterocycles. The van der Waals surface area contributed by atoms with Crippen molar-refractivity contribution in [3.05, 3.63) is 29.6 Å². The van der Waals surface area contributed by atoms with Crippen LogP contribution in [0.2, 0.25) is 0 Å². The highest BCUT2D eigenvalue weighted by Gasteiger charge is 2.53. The Labute approximate surface area is 125 Å². The molecule has 1 aliphatic rings. The van der Waals surface area contributed by atoms with E-state index in [0.29, 0.717) is 12.0 Å². The number of amides is 2. The van der Waals surface area contributed by atoms with Gasteiger partial charge < -0.3 is 10.6 Å². The first-order chi connectivity index (χ1) is 10.3. The van der Waals surface area contributed by atoms with Crippen LogP contribution in [0.25, 0.3) is 0 Å². The first-order valence-electron chi connectivity index (χ1n) is 6.84. The third-order valence-corrected chi connectivity index (χ3v) is 3.87. The van der Waals surface area contributed by atoms with Gasteiger partial charge in [-0.05, 0) is 18.1 Å². The average Bonchev–Trinajstić information content (AvgIpc) is 2.92. The maximum Gasteiger partial charge on any atom is 0.394 e. The Morgan fingerprint density at radius 3 is 2.59 bits per heavy atom. The predicted octanol–water partition coefficient (Wildman–Crippen LogP) is 1.38. The molecule has 1 fully saturated rings. The molecule has 2 atom stereocenters. The van der Waals surface area contributed by atoms with E-state index in [4.69, 9.17) is 5.73 Å². The molecule has 0 aromatic carbocycles. The minimum atomic E-state index is -4.58. The molecule has 0 bridgehead atoms. The molecule has 5 nitrogen and oxygen atoms in total. The van der Waals surface area contributed by atoms with E-state index in [1.54, 1.807) is 12.1 Å². The predicted molar refractivity (Wildman–Crippen MR) is 71.7 cm³/mol. The summed E-state index contributed by atoms with van der Waals surface area (Å²) in [6.45, 7) is 0.913. The van der Waals surface area contributed by atoms with Crippen LogP contribution in [0.15, 0.2) is 18.3 Å². The van der Waals surface area contributed by atoms with Crippen molar-refractivity contribution in [1.82, 2.24) is 9.88 Å². The molecule has 0 saturated carbocycles. The van der Waals surface area contributed by atoms with Crippen molar-refractivity contribution in [2.45, 2.75) is 19.5 Å². The molecule has 120 valence electrons. The number of nitrogens with zero attached hydrogens (tertiary/aromatic N) is 2. The SMILES string of the molecule is CCc1cccnc1C(=O)N1C[C@@H](C(F)(F)F)[C@H](C(N)=O)C1. The quantitative estimate of drug-likeness (QED) is 0.915. The largest absolute Gasteiger partial charge is 0.394 e. The first-order valence-corrected chi connectivity index (χ1v) is 6.84. The summed E-state index contributed by atoms with van der Waals surface area (Å²) < 4.78 is 39.0. The van der Waals surface area contributed by atoms with Crippen LogP contribution >= 0.6 is 0 Å². The van der Waals surface area contributed by atoms with Crippen LogP contribution in [0.1, 0.15) is 23.0 Å². The van der Waals surface area contributed by atoms with E-state index in [-0.39, 0.29) is 12.2 Å². The van der Waals surface area contributed by atoms with Crippen molar-refractivity contribution >= 4 is 11.8 Å². The Hall–Kier alpha value is -2.12. The summed E-state index contributed by atoms with van der Waals surface area (Å²) in [6.07, 6.45) is -2.63. The molecular formula is C14H16F3N3O2. The van der Waals surface area contributed by atoms with Gasteiger partial charge in [0.05, 0.1) is 11.8 Å². The Balaban J connectivity index is 2.27. The fraction of sp³-hybridized carbons (Fsp3) is 0.500. The summed E-state index contributed by atoms with van der Waals surface area (Å²) in [5, 5.41) is 0. The number of carbonyl (C=O) groups excluding carboxylic acids is 2. The second-order valence-electron chi connectivity index (χ2n) is 5.23. The van der Waals surface area contributed by atoms with Gasteiger partial charge in [0.15, 0.2) is 0 Å². The molecule has 2 N–H and O–H groups in total. The van der Waals surface area contributed by atoms with Gasteiger partial charge in [-0.15, -0.1) is 0 Å². The van der Waals surface area contributed by atoms with E-state index in [9.17, 15) is 22.8 Å². The zero-order valence-corrected chi connectivity index (χ0v) is 11.9. The number of nitrogens with two attached hydrogens (primary N) is 1. The lowest BCUT2D eigenvalue weighted by molar-refractivity contribution is -0.182. The van der Waals surface area contributed by atoms with Crippen LogP contribution in [0, 0.1) is 11.8 Å². The molecular weight excluding hydrogens is 299 g/mol. The third-order valence-electron chi connectivity index (χ3n) is 3.87. The minimum absolute atomic E-state index is 0.121. The van der Waals surface area contributed by atoms with E-state index in [1.165, 1.54) is 6.20 Å². The summed E-state index contributed by atoms with van der Waals surface area (Å²) in [5.41, 5.74) is 5.82. The molecule has 0 spiro atoms. The number of hydrogen-bond donors (Lipinski definition) is 1. The lowest BCUT2D eigenvalue weighted by Crippen LogP contribution is -2.37. The molecule has 22 heavy (non-hydrogen) atoms. The average molecular weight is 315 g/mol. The third kappa shape index (κ3) is 3.05. The molecule has 0 radical (unpaired) electrons. The van der Waals surface area contributed by atoms with Crippen LogP contribution in [0.5, 0.6) is 0 Å². The normalized spacial score (nSPS) is 21.9. The fourth-order valence-corrected chi connectivity index (χ4v) is 2.66. The summed E-state index contributed by atoms with van der Waals surface area (Å²) >= 11 is 0. The highest BCUT2D eigenvalue weighted by atomic mass is 19.4. The molecule has 2 heterocycles. The van der Waals surface area contributed by atoms with E-state index < -0.39 is 36.4 Å². The zero-order valence-electron chi connectivity index (χ0n) is 11.9.